The summed E-state index contributed by atoms with van der Waals surface area (Å²) in [5.74, 6) is 0.423. The van der Waals surface area contributed by atoms with Crippen LogP contribution in [0.15, 0.2) is 41.1 Å². The number of anilines is 1. The summed E-state index contributed by atoms with van der Waals surface area (Å²) in [4.78, 5) is 20.3. The van der Waals surface area contributed by atoms with Gasteiger partial charge in [-0.05, 0) is 36.8 Å². The highest BCUT2D eigenvalue weighted by Gasteiger charge is 2.10. The van der Waals surface area contributed by atoms with Crippen LogP contribution in [0.1, 0.15) is 17.9 Å². The van der Waals surface area contributed by atoms with E-state index in [1.807, 2.05) is 13.0 Å². The van der Waals surface area contributed by atoms with Gasteiger partial charge in [-0.25, -0.2) is 4.98 Å². The Morgan fingerprint density at radius 3 is 3.05 bits per heavy atom. The van der Waals surface area contributed by atoms with Crippen LogP contribution in [0.5, 0.6) is 0 Å². The summed E-state index contributed by atoms with van der Waals surface area (Å²) in [5, 5.41) is 3.44. The van der Waals surface area contributed by atoms with E-state index in [0.29, 0.717) is 28.4 Å². The second kappa shape index (κ2) is 6.15. The van der Waals surface area contributed by atoms with Gasteiger partial charge >= 0.3 is 0 Å². The number of carbonyl (C=O) groups is 1. The van der Waals surface area contributed by atoms with Gasteiger partial charge in [0.2, 0.25) is 5.91 Å². The van der Waals surface area contributed by atoms with Crippen molar-refractivity contribution in [1.82, 2.24) is 9.97 Å². The van der Waals surface area contributed by atoms with E-state index >= 15 is 0 Å². The molecule has 1 amide bonds. The van der Waals surface area contributed by atoms with Gasteiger partial charge in [0.15, 0.2) is 11.5 Å². The molecule has 0 unspecified atom stereocenters. The molecule has 0 spiro atoms. The van der Waals surface area contributed by atoms with E-state index in [4.69, 9.17) is 16.0 Å². The molecule has 5 nitrogen and oxygen atoms in total. The Morgan fingerprint density at radius 1 is 1.36 bits per heavy atom. The quantitative estimate of drug-likeness (QED) is 0.796. The minimum absolute atomic E-state index is 0.101. The monoisotopic (exact) mass is 315 g/mol. The van der Waals surface area contributed by atoms with Crippen LogP contribution in [-0.2, 0) is 11.2 Å². The molecule has 112 valence electrons. The molecular formula is C16H14ClN3O2. The Bertz CT molecular complexity index is 829. The van der Waals surface area contributed by atoms with Crippen molar-refractivity contribution >= 4 is 34.3 Å². The molecule has 3 aromatic rings. The van der Waals surface area contributed by atoms with Crippen molar-refractivity contribution in [3.63, 3.8) is 0 Å². The van der Waals surface area contributed by atoms with E-state index in [9.17, 15) is 4.79 Å². The minimum atomic E-state index is -0.101. The van der Waals surface area contributed by atoms with Crippen LogP contribution in [0.2, 0.25) is 5.02 Å². The predicted octanol–water partition coefficient (Wildman–Crippen LogP) is 3.76. The maximum absolute atomic E-state index is 12.0. The minimum Gasteiger partial charge on any atom is -0.441 e. The van der Waals surface area contributed by atoms with Crippen LogP contribution in [-0.4, -0.2) is 15.9 Å². The van der Waals surface area contributed by atoms with Gasteiger partial charge in [-0.15, -0.1) is 0 Å². The lowest BCUT2D eigenvalue weighted by molar-refractivity contribution is -0.116. The van der Waals surface area contributed by atoms with Gasteiger partial charge in [-0.1, -0.05) is 11.6 Å². The van der Waals surface area contributed by atoms with Crippen LogP contribution < -0.4 is 5.32 Å². The van der Waals surface area contributed by atoms with E-state index in [1.165, 1.54) is 0 Å². The number of hydrogen-bond donors (Lipinski definition) is 1. The zero-order valence-corrected chi connectivity index (χ0v) is 12.7. The zero-order valence-electron chi connectivity index (χ0n) is 12.0. The number of nitrogens with one attached hydrogen (secondary N) is 1. The van der Waals surface area contributed by atoms with Gasteiger partial charge < -0.3 is 9.73 Å². The summed E-state index contributed by atoms with van der Waals surface area (Å²) in [6.45, 7) is 1.92. The smallest absolute Gasteiger partial charge is 0.224 e. The number of nitrogens with zero attached hydrogens (tertiary/aromatic N) is 2. The summed E-state index contributed by atoms with van der Waals surface area (Å²) in [5.41, 5.74) is 3.06. The number of pyridine rings is 1. The number of hydrogen-bond acceptors (Lipinski definition) is 4. The van der Waals surface area contributed by atoms with Crippen LogP contribution >= 0.6 is 11.6 Å². The molecule has 0 radical (unpaired) electrons. The summed E-state index contributed by atoms with van der Waals surface area (Å²) in [6, 6.07) is 7.10. The Morgan fingerprint density at radius 2 is 2.23 bits per heavy atom. The summed E-state index contributed by atoms with van der Waals surface area (Å²) >= 11 is 5.91. The third-order valence-electron chi connectivity index (χ3n) is 3.27. The molecule has 6 heteroatoms. The van der Waals surface area contributed by atoms with E-state index in [2.05, 4.69) is 15.3 Å². The lowest BCUT2D eigenvalue weighted by Crippen LogP contribution is -2.13. The lowest BCUT2D eigenvalue weighted by Gasteiger charge is -2.06. The van der Waals surface area contributed by atoms with Crippen molar-refractivity contribution in [2.45, 2.75) is 19.8 Å². The van der Waals surface area contributed by atoms with Gasteiger partial charge in [-0.3, -0.25) is 9.78 Å². The fourth-order valence-corrected chi connectivity index (χ4v) is 2.25. The standard InChI is InChI=1S/C16H14ClN3O2/c1-10-6-7-18-9-13(10)19-15(21)4-5-16-20-12-8-11(17)2-3-14(12)22-16/h2-3,6-9H,4-5H2,1H3,(H,19,21). The molecule has 22 heavy (non-hydrogen) atoms. The SMILES string of the molecule is Cc1ccncc1NC(=O)CCc1nc2cc(Cl)ccc2o1. The van der Waals surface area contributed by atoms with Crippen molar-refractivity contribution in [2.24, 2.45) is 0 Å². The summed E-state index contributed by atoms with van der Waals surface area (Å²) < 4.78 is 5.59. The summed E-state index contributed by atoms with van der Waals surface area (Å²) in [7, 11) is 0. The molecule has 1 N–H and O–H groups in total. The largest absolute Gasteiger partial charge is 0.441 e. The maximum atomic E-state index is 12.0. The second-order valence-electron chi connectivity index (χ2n) is 4.96. The topological polar surface area (TPSA) is 68.0 Å². The molecule has 1 aromatic carbocycles. The number of aromatic nitrogens is 2. The highest BCUT2D eigenvalue weighted by atomic mass is 35.5. The zero-order chi connectivity index (χ0) is 15.5. The fraction of sp³-hybridized carbons (Fsp3) is 0.188. The van der Waals surface area contributed by atoms with Crippen molar-refractivity contribution in [3.05, 3.63) is 53.1 Å². The molecule has 0 aliphatic heterocycles. The van der Waals surface area contributed by atoms with Gasteiger partial charge in [-0.2, -0.15) is 0 Å². The molecule has 0 saturated heterocycles. The van der Waals surface area contributed by atoms with E-state index in [1.54, 1.807) is 30.6 Å². The molecular weight excluding hydrogens is 302 g/mol. The number of halogens is 1. The number of amides is 1. The Kier molecular flexibility index (Phi) is 4.06. The number of benzene rings is 1. The fourth-order valence-electron chi connectivity index (χ4n) is 2.08. The van der Waals surface area contributed by atoms with E-state index in [0.717, 1.165) is 11.3 Å². The Balaban J connectivity index is 1.63. The van der Waals surface area contributed by atoms with E-state index in [-0.39, 0.29) is 12.3 Å². The molecule has 0 aliphatic rings. The van der Waals surface area contributed by atoms with Gasteiger partial charge in [0, 0.05) is 24.1 Å². The molecule has 0 fully saturated rings. The molecule has 0 atom stereocenters. The number of oxazole rings is 1. The first-order valence-electron chi connectivity index (χ1n) is 6.87. The third kappa shape index (κ3) is 3.26. The molecule has 0 aliphatic carbocycles. The number of rotatable bonds is 4. The Hall–Kier alpha value is -2.40. The van der Waals surface area contributed by atoms with Gasteiger partial charge in [0.25, 0.3) is 0 Å². The normalized spacial score (nSPS) is 10.8. The van der Waals surface area contributed by atoms with Crippen molar-refractivity contribution in [2.75, 3.05) is 5.32 Å². The van der Waals surface area contributed by atoms with Gasteiger partial charge in [0.05, 0.1) is 11.9 Å². The lowest BCUT2D eigenvalue weighted by atomic mass is 10.2. The third-order valence-corrected chi connectivity index (χ3v) is 3.51. The molecule has 2 aromatic heterocycles. The first-order valence-corrected chi connectivity index (χ1v) is 7.25. The highest BCUT2D eigenvalue weighted by Crippen LogP contribution is 2.20. The molecule has 0 saturated carbocycles. The van der Waals surface area contributed by atoms with Crippen LogP contribution in [0.4, 0.5) is 5.69 Å². The number of carbonyl (C=O) groups excluding carboxylic acids is 1. The predicted molar refractivity (Wildman–Crippen MR) is 84.9 cm³/mol. The van der Waals surface area contributed by atoms with Crippen LogP contribution in [0.3, 0.4) is 0 Å². The van der Waals surface area contributed by atoms with Gasteiger partial charge in [0.1, 0.15) is 5.52 Å². The van der Waals surface area contributed by atoms with E-state index < -0.39 is 0 Å². The van der Waals surface area contributed by atoms with Crippen molar-refractivity contribution < 1.29 is 9.21 Å². The van der Waals surface area contributed by atoms with Crippen molar-refractivity contribution in [3.8, 4) is 0 Å². The maximum Gasteiger partial charge on any atom is 0.224 e. The number of fused-ring (bicyclic) bond motifs is 1. The summed E-state index contributed by atoms with van der Waals surface area (Å²) in [6.07, 6.45) is 4.04. The highest BCUT2D eigenvalue weighted by molar-refractivity contribution is 6.31. The second-order valence-corrected chi connectivity index (χ2v) is 5.39. The van der Waals surface area contributed by atoms with Crippen LogP contribution in [0, 0.1) is 6.92 Å². The Labute approximate surface area is 132 Å². The molecule has 2 heterocycles. The number of aryl methyl sites for hydroxylation is 2. The van der Waals surface area contributed by atoms with Crippen molar-refractivity contribution in [1.29, 1.82) is 0 Å². The first kappa shape index (κ1) is 14.5. The molecule has 0 bridgehead atoms. The average molecular weight is 316 g/mol. The average Bonchev–Trinajstić information content (AvgIpc) is 2.89. The van der Waals surface area contributed by atoms with Crippen LogP contribution in [0.25, 0.3) is 11.1 Å². The molecule has 3 rings (SSSR count). The first-order chi connectivity index (χ1) is 10.6.